The summed E-state index contributed by atoms with van der Waals surface area (Å²) >= 11 is 0. The van der Waals surface area contributed by atoms with Crippen molar-refractivity contribution in [2.75, 3.05) is 26.8 Å². The van der Waals surface area contributed by atoms with Gasteiger partial charge in [0.25, 0.3) is 0 Å². The fraction of sp³-hybridized carbons (Fsp3) is 0.636. The van der Waals surface area contributed by atoms with Gasteiger partial charge in [-0.1, -0.05) is 58.0 Å². The number of nitrogens with zero attached hydrogens (tertiary/aromatic N) is 1. The van der Waals surface area contributed by atoms with Crippen molar-refractivity contribution in [1.82, 2.24) is 4.90 Å². The summed E-state index contributed by atoms with van der Waals surface area (Å²) in [5.74, 6) is 5.80. The maximum atomic E-state index is 6.36. The van der Waals surface area contributed by atoms with Gasteiger partial charge in [0.1, 0.15) is 0 Å². The van der Waals surface area contributed by atoms with E-state index in [9.17, 15) is 0 Å². The van der Waals surface area contributed by atoms with E-state index in [1.807, 2.05) is 0 Å². The van der Waals surface area contributed by atoms with Crippen molar-refractivity contribution >= 4 is 0 Å². The molecule has 5 rings (SSSR count). The SMILES string of the molecule is CCN(CC)Cc1ccc(OCC[C@H]2CCC3C4C(C)Cc5ccccc5C4CCC32C)c(OC)c1. The third-order valence-corrected chi connectivity index (χ3v) is 10.4. The molecule has 196 valence electrons. The molecule has 3 aliphatic rings. The Labute approximate surface area is 219 Å². The van der Waals surface area contributed by atoms with Crippen LogP contribution in [0.2, 0.25) is 0 Å². The van der Waals surface area contributed by atoms with Gasteiger partial charge in [-0.25, -0.2) is 0 Å². The molecule has 2 aromatic rings. The highest BCUT2D eigenvalue weighted by Gasteiger charge is 2.55. The summed E-state index contributed by atoms with van der Waals surface area (Å²) in [6.45, 7) is 13.4. The van der Waals surface area contributed by atoms with Gasteiger partial charge in [-0.2, -0.15) is 0 Å². The minimum atomic E-state index is 0.461. The molecule has 5 unspecified atom stereocenters. The minimum Gasteiger partial charge on any atom is -0.493 e. The molecule has 6 atom stereocenters. The van der Waals surface area contributed by atoms with E-state index in [4.69, 9.17) is 9.47 Å². The van der Waals surface area contributed by atoms with E-state index < -0.39 is 0 Å². The van der Waals surface area contributed by atoms with Crippen LogP contribution in [-0.4, -0.2) is 31.7 Å². The lowest BCUT2D eigenvalue weighted by molar-refractivity contribution is 0.000894. The molecule has 0 spiro atoms. The second-order valence-corrected chi connectivity index (χ2v) is 12.1. The summed E-state index contributed by atoms with van der Waals surface area (Å²) in [5.41, 5.74) is 5.04. The highest BCUT2D eigenvalue weighted by atomic mass is 16.5. The Morgan fingerprint density at radius 1 is 1.00 bits per heavy atom. The molecule has 0 heterocycles. The zero-order valence-electron chi connectivity index (χ0n) is 23.3. The molecular weight excluding hydrogens is 442 g/mol. The van der Waals surface area contributed by atoms with Gasteiger partial charge in [-0.15, -0.1) is 0 Å². The van der Waals surface area contributed by atoms with Gasteiger partial charge in [0, 0.05) is 6.54 Å². The van der Waals surface area contributed by atoms with E-state index >= 15 is 0 Å². The number of methoxy groups -OCH3 is 1. The van der Waals surface area contributed by atoms with Crippen LogP contribution in [0.15, 0.2) is 42.5 Å². The van der Waals surface area contributed by atoms with Crippen molar-refractivity contribution < 1.29 is 9.47 Å². The average Bonchev–Trinajstić information content (AvgIpc) is 3.23. The first-order chi connectivity index (χ1) is 17.5. The third-order valence-electron chi connectivity index (χ3n) is 10.4. The van der Waals surface area contributed by atoms with Crippen LogP contribution < -0.4 is 9.47 Å². The number of rotatable bonds is 9. The molecule has 0 saturated heterocycles. The van der Waals surface area contributed by atoms with Crippen LogP contribution >= 0.6 is 0 Å². The molecule has 36 heavy (non-hydrogen) atoms. The Morgan fingerprint density at radius 3 is 2.58 bits per heavy atom. The van der Waals surface area contributed by atoms with Crippen LogP contribution in [0, 0.1) is 29.1 Å². The lowest BCUT2D eigenvalue weighted by Gasteiger charge is -2.53. The zero-order chi connectivity index (χ0) is 25.3. The van der Waals surface area contributed by atoms with Gasteiger partial charge in [-0.05, 0) is 115 Å². The first-order valence-electron chi connectivity index (χ1n) is 14.6. The Balaban J connectivity index is 1.23. The fourth-order valence-electron chi connectivity index (χ4n) is 8.44. The van der Waals surface area contributed by atoms with Crippen LogP contribution in [0.5, 0.6) is 11.5 Å². The summed E-state index contributed by atoms with van der Waals surface area (Å²) in [4.78, 5) is 2.42. The van der Waals surface area contributed by atoms with Crippen LogP contribution in [0.3, 0.4) is 0 Å². The van der Waals surface area contributed by atoms with Crippen LogP contribution in [0.4, 0.5) is 0 Å². The van der Waals surface area contributed by atoms with Gasteiger partial charge in [0.2, 0.25) is 0 Å². The molecule has 0 aliphatic heterocycles. The Bertz CT molecular complexity index is 1030. The van der Waals surface area contributed by atoms with E-state index in [1.54, 1.807) is 18.2 Å². The molecule has 0 amide bonds. The molecule has 0 N–H and O–H groups in total. The van der Waals surface area contributed by atoms with E-state index in [0.717, 1.165) is 73.8 Å². The molecule has 0 bridgehead atoms. The maximum Gasteiger partial charge on any atom is 0.161 e. The minimum absolute atomic E-state index is 0.461. The van der Waals surface area contributed by atoms with Crippen LogP contribution in [0.25, 0.3) is 0 Å². The first-order valence-corrected chi connectivity index (χ1v) is 14.6. The summed E-state index contributed by atoms with van der Waals surface area (Å²) in [6.07, 6.45) is 7.91. The average molecular weight is 490 g/mol. The number of ether oxygens (including phenoxy) is 2. The van der Waals surface area contributed by atoms with Crippen molar-refractivity contribution in [3.05, 3.63) is 59.2 Å². The standard InChI is InChI=1S/C33H47NO2/c1-6-34(7-2)22-24-12-15-30(31(21-24)35-5)36-19-17-26-13-14-29-32-23(3)20-25-10-8-9-11-27(25)28(32)16-18-33(26,29)4/h8-12,15,21,23,26,28-29,32H,6-7,13-14,16-20,22H2,1-5H3/t23?,26-,28?,29?,32?,33?/m1/s1. The zero-order valence-corrected chi connectivity index (χ0v) is 23.3. The van der Waals surface area contributed by atoms with Gasteiger partial charge < -0.3 is 9.47 Å². The molecule has 2 saturated carbocycles. The summed E-state index contributed by atoms with van der Waals surface area (Å²) in [7, 11) is 1.76. The molecule has 0 aromatic heterocycles. The predicted octanol–water partition coefficient (Wildman–Crippen LogP) is 7.72. The second kappa shape index (κ2) is 10.8. The second-order valence-electron chi connectivity index (χ2n) is 12.1. The van der Waals surface area contributed by atoms with Gasteiger partial charge in [-0.3, -0.25) is 4.90 Å². The van der Waals surface area contributed by atoms with E-state index in [-0.39, 0.29) is 0 Å². The topological polar surface area (TPSA) is 21.7 Å². The number of benzene rings is 2. The predicted molar refractivity (Wildman–Crippen MR) is 149 cm³/mol. The van der Waals surface area contributed by atoms with Crippen molar-refractivity contribution in [1.29, 1.82) is 0 Å². The number of fused-ring (bicyclic) bond motifs is 5. The highest BCUT2D eigenvalue weighted by Crippen LogP contribution is 2.64. The summed E-state index contributed by atoms with van der Waals surface area (Å²) < 4.78 is 12.1. The smallest absolute Gasteiger partial charge is 0.161 e. The molecule has 2 aromatic carbocycles. The quantitative estimate of drug-likeness (QED) is 0.360. The van der Waals surface area contributed by atoms with Gasteiger partial charge in [0.05, 0.1) is 13.7 Å². The Kier molecular flexibility index (Phi) is 7.67. The maximum absolute atomic E-state index is 6.36. The lowest BCUT2D eigenvalue weighted by atomic mass is 9.51. The largest absolute Gasteiger partial charge is 0.493 e. The van der Waals surface area contributed by atoms with E-state index in [2.05, 4.69) is 75.1 Å². The van der Waals surface area contributed by atoms with Crippen LogP contribution in [0.1, 0.15) is 82.4 Å². The summed E-state index contributed by atoms with van der Waals surface area (Å²) in [6, 6.07) is 15.8. The molecule has 0 radical (unpaired) electrons. The van der Waals surface area contributed by atoms with Crippen molar-refractivity contribution in [2.24, 2.45) is 29.1 Å². The fourth-order valence-corrected chi connectivity index (χ4v) is 8.44. The van der Waals surface area contributed by atoms with Gasteiger partial charge in [0.15, 0.2) is 11.5 Å². The third kappa shape index (κ3) is 4.69. The van der Waals surface area contributed by atoms with Crippen molar-refractivity contribution in [3.8, 4) is 11.5 Å². The monoisotopic (exact) mass is 489 g/mol. The Morgan fingerprint density at radius 2 is 1.81 bits per heavy atom. The van der Waals surface area contributed by atoms with E-state index in [1.165, 1.54) is 37.7 Å². The molecular formula is C33H47NO2. The first kappa shape index (κ1) is 25.6. The molecule has 3 nitrogen and oxygen atoms in total. The van der Waals surface area contributed by atoms with Crippen molar-refractivity contribution in [3.63, 3.8) is 0 Å². The number of hydrogen-bond donors (Lipinski definition) is 0. The normalized spacial score (nSPS) is 31.0. The van der Waals surface area contributed by atoms with Crippen molar-refractivity contribution in [2.45, 2.75) is 78.7 Å². The highest BCUT2D eigenvalue weighted by molar-refractivity contribution is 5.43. The summed E-state index contributed by atoms with van der Waals surface area (Å²) in [5, 5.41) is 0. The molecule has 2 fully saturated rings. The van der Waals surface area contributed by atoms with Crippen LogP contribution in [-0.2, 0) is 13.0 Å². The van der Waals surface area contributed by atoms with E-state index in [0.29, 0.717) is 5.41 Å². The number of hydrogen-bond acceptors (Lipinski definition) is 3. The molecule has 3 aliphatic carbocycles. The Hall–Kier alpha value is -2.00. The van der Waals surface area contributed by atoms with Gasteiger partial charge >= 0.3 is 0 Å². The lowest BCUT2D eigenvalue weighted by Crippen LogP contribution is -2.45. The molecule has 3 heteroatoms.